The molecule has 0 fully saturated rings. The molecule has 2 atom stereocenters. The maximum Gasteiger partial charge on any atom is 0.261 e. The van der Waals surface area contributed by atoms with Gasteiger partial charge in [0.15, 0.2) is 23.0 Å². The predicted molar refractivity (Wildman–Crippen MR) is 282 cm³/mol. The fourth-order valence-corrected chi connectivity index (χ4v) is 9.78. The van der Waals surface area contributed by atoms with Crippen LogP contribution in [0.4, 0.5) is 28.4 Å². The zero-order valence-corrected chi connectivity index (χ0v) is 42.4. The van der Waals surface area contributed by atoms with Gasteiger partial charge in [0, 0.05) is 92.4 Å². The highest BCUT2D eigenvalue weighted by Gasteiger charge is 2.38. The van der Waals surface area contributed by atoms with E-state index in [0.29, 0.717) is 96.5 Å². The molecule has 4 aliphatic rings. The van der Waals surface area contributed by atoms with E-state index in [9.17, 15) is 14.4 Å². The van der Waals surface area contributed by atoms with E-state index in [1.165, 1.54) is 0 Å². The standard InChI is InChI=1S/C56H62N6O8S/c1-55(2,18-20-70-56(3,4)17-16-52(63)57-19-21-71)60(5)39-23-35(33-68-50-29-44-42(27-48(50)66-6)53(64)61-40(31-58-44)25-37-12-8-10-14-46(37)61)22-36(24-39)34-69-51-30-45-43(28-49(51)67-7)54(65)62-41(32-59-45)26-38-13-9-11-15-47(38)62/h8-15,22-24,27-32,40-41,71H,16-21,25-26,33-34H2,1-7H3,(H,57,63)/t40-,41-/m0/s1. The highest BCUT2D eigenvalue weighted by atomic mass is 32.1. The molecular weight excluding hydrogens is 917 g/mol. The van der Waals surface area contributed by atoms with E-state index in [2.05, 4.69) is 68.0 Å². The van der Waals surface area contributed by atoms with Crippen molar-refractivity contribution < 1.29 is 38.1 Å². The van der Waals surface area contributed by atoms with Gasteiger partial charge in [-0.3, -0.25) is 34.2 Å². The maximum absolute atomic E-state index is 14.1. The molecule has 370 valence electrons. The van der Waals surface area contributed by atoms with E-state index < -0.39 is 5.60 Å². The Morgan fingerprint density at radius 3 is 1.72 bits per heavy atom. The van der Waals surface area contributed by atoms with Crippen LogP contribution in [0.1, 0.15) is 89.9 Å². The van der Waals surface area contributed by atoms with Crippen LogP contribution < -0.4 is 39.0 Å². The van der Waals surface area contributed by atoms with Crippen LogP contribution in [-0.2, 0) is 35.6 Å². The Morgan fingerprint density at radius 1 is 0.718 bits per heavy atom. The molecule has 0 saturated heterocycles. The first-order valence-electron chi connectivity index (χ1n) is 24.2. The number of para-hydroxylation sites is 2. The third-order valence-electron chi connectivity index (χ3n) is 14.0. The molecule has 0 aliphatic carbocycles. The van der Waals surface area contributed by atoms with Gasteiger partial charge in [-0.1, -0.05) is 36.4 Å². The highest BCUT2D eigenvalue weighted by Crippen LogP contribution is 2.43. The van der Waals surface area contributed by atoms with Gasteiger partial charge in [0.1, 0.15) is 13.2 Å². The summed E-state index contributed by atoms with van der Waals surface area (Å²) in [5.41, 5.74) is 7.66. The molecule has 0 unspecified atom stereocenters. The van der Waals surface area contributed by atoms with Crippen LogP contribution in [0.15, 0.2) is 101 Å². The van der Waals surface area contributed by atoms with Gasteiger partial charge >= 0.3 is 0 Å². The molecule has 15 heteroatoms. The Morgan fingerprint density at radius 2 is 1.23 bits per heavy atom. The molecular formula is C56H62N6O8S. The second kappa shape index (κ2) is 20.5. The molecule has 4 heterocycles. The fraction of sp³-hybridized carbons (Fsp3) is 0.375. The molecule has 0 bridgehead atoms. The van der Waals surface area contributed by atoms with Gasteiger partial charge in [0.05, 0.1) is 54.4 Å². The average molecular weight is 979 g/mol. The van der Waals surface area contributed by atoms with E-state index in [0.717, 1.165) is 39.3 Å². The summed E-state index contributed by atoms with van der Waals surface area (Å²) < 4.78 is 31.2. The van der Waals surface area contributed by atoms with Crippen molar-refractivity contribution in [3.8, 4) is 23.0 Å². The van der Waals surface area contributed by atoms with Crippen LogP contribution >= 0.6 is 12.6 Å². The van der Waals surface area contributed by atoms with Gasteiger partial charge in [-0.25, -0.2) is 0 Å². The maximum atomic E-state index is 14.1. The van der Waals surface area contributed by atoms with E-state index in [1.54, 1.807) is 38.5 Å². The van der Waals surface area contributed by atoms with Gasteiger partial charge < -0.3 is 33.9 Å². The molecule has 0 aromatic heterocycles. The SMILES string of the molecule is COc1cc2c(cc1OCc1cc(COc3cc4c(cc3OC)C(=O)N3c5ccccc5C[C@H]3C=N4)cc(N(C)C(C)(C)CCOC(C)(C)CCC(=O)NCCS)c1)N=C[C@@H]1Cc3ccccc3N1C2=O. The zero-order valence-electron chi connectivity index (χ0n) is 41.5. The number of methoxy groups -OCH3 is 2. The van der Waals surface area contributed by atoms with Gasteiger partial charge in [0.25, 0.3) is 11.8 Å². The number of carbonyl (C=O) groups excluding carboxylic acids is 3. The van der Waals surface area contributed by atoms with Crippen molar-refractivity contribution in [2.24, 2.45) is 9.98 Å². The highest BCUT2D eigenvalue weighted by molar-refractivity contribution is 7.80. The first-order chi connectivity index (χ1) is 34.2. The van der Waals surface area contributed by atoms with Crippen LogP contribution in [-0.4, -0.2) is 93.5 Å². The minimum Gasteiger partial charge on any atom is -0.493 e. The number of amides is 3. The molecule has 5 aromatic rings. The molecule has 3 amide bonds. The minimum atomic E-state index is -0.496. The molecule has 4 aliphatic heterocycles. The Balaban J connectivity index is 0.968. The number of thiol groups is 1. The smallest absolute Gasteiger partial charge is 0.261 e. The monoisotopic (exact) mass is 978 g/mol. The lowest BCUT2D eigenvalue weighted by Crippen LogP contribution is -2.43. The summed E-state index contributed by atoms with van der Waals surface area (Å²) in [4.78, 5) is 56.0. The van der Waals surface area contributed by atoms with Crippen molar-refractivity contribution in [1.82, 2.24) is 5.32 Å². The summed E-state index contributed by atoms with van der Waals surface area (Å²) in [6, 6.07) is 28.7. The Labute approximate surface area is 421 Å². The summed E-state index contributed by atoms with van der Waals surface area (Å²) >= 11 is 4.19. The Bertz CT molecular complexity index is 2760. The van der Waals surface area contributed by atoms with E-state index in [4.69, 9.17) is 33.7 Å². The minimum absolute atomic E-state index is 0.00811. The number of aliphatic imine (C=N–C) groups is 2. The zero-order chi connectivity index (χ0) is 50.0. The number of fused-ring (bicyclic) bond motifs is 8. The Kier molecular flexibility index (Phi) is 14.2. The summed E-state index contributed by atoms with van der Waals surface area (Å²) in [5, 5.41) is 2.88. The predicted octanol–water partition coefficient (Wildman–Crippen LogP) is 9.66. The van der Waals surface area contributed by atoms with E-state index in [1.807, 2.05) is 78.5 Å². The van der Waals surface area contributed by atoms with Crippen molar-refractivity contribution in [2.45, 2.75) is 96.2 Å². The first kappa shape index (κ1) is 49.2. The Hall–Kier alpha value is -6.84. The first-order valence-corrected chi connectivity index (χ1v) is 24.8. The number of nitrogens with zero attached hydrogens (tertiary/aromatic N) is 5. The summed E-state index contributed by atoms with van der Waals surface area (Å²) in [6.07, 6.45) is 6.72. The number of ether oxygens (including phenoxy) is 5. The van der Waals surface area contributed by atoms with Crippen LogP contribution in [0.2, 0.25) is 0 Å². The van der Waals surface area contributed by atoms with Crippen molar-refractivity contribution in [3.05, 3.63) is 124 Å². The molecule has 0 spiro atoms. The topological polar surface area (TPSA) is 144 Å². The number of rotatable bonds is 19. The second-order valence-corrected chi connectivity index (χ2v) is 20.1. The molecule has 0 saturated carbocycles. The summed E-state index contributed by atoms with van der Waals surface area (Å²) in [5.74, 6) is 2.03. The van der Waals surface area contributed by atoms with Crippen LogP contribution in [0, 0.1) is 0 Å². The number of hydrogen-bond donors (Lipinski definition) is 2. The number of benzene rings is 5. The third kappa shape index (κ3) is 10.3. The van der Waals surface area contributed by atoms with Crippen LogP contribution in [0.25, 0.3) is 0 Å². The lowest BCUT2D eigenvalue weighted by molar-refractivity contribution is -0.122. The molecule has 9 rings (SSSR count). The van der Waals surface area contributed by atoms with Gasteiger partial charge in [-0.05, 0) is 105 Å². The fourth-order valence-electron chi connectivity index (χ4n) is 9.67. The van der Waals surface area contributed by atoms with Crippen LogP contribution in [0.5, 0.6) is 23.0 Å². The number of carbonyl (C=O) groups is 3. The van der Waals surface area contributed by atoms with Gasteiger partial charge in [-0.15, -0.1) is 0 Å². The molecule has 0 radical (unpaired) electrons. The molecule has 1 N–H and O–H groups in total. The lowest BCUT2D eigenvalue weighted by atomic mass is 9.96. The van der Waals surface area contributed by atoms with Gasteiger partial charge in [-0.2, -0.15) is 12.6 Å². The number of nitrogens with one attached hydrogen (secondary N) is 1. The second-order valence-electron chi connectivity index (χ2n) is 19.6. The molecule has 71 heavy (non-hydrogen) atoms. The van der Waals surface area contributed by atoms with E-state index >= 15 is 0 Å². The molecule has 5 aromatic carbocycles. The van der Waals surface area contributed by atoms with Crippen molar-refractivity contribution >= 4 is 71.2 Å². The third-order valence-corrected chi connectivity index (χ3v) is 14.2. The number of anilines is 3. The van der Waals surface area contributed by atoms with Gasteiger partial charge in [0.2, 0.25) is 5.91 Å². The quantitative estimate of drug-likeness (QED) is 0.0774. The summed E-state index contributed by atoms with van der Waals surface area (Å²) in [7, 11) is 5.18. The largest absolute Gasteiger partial charge is 0.493 e. The molecule has 14 nitrogen and oxygen atoms in total. The number of hydrogen-bond acceptors (Lipinski definition) is 12. The van der Waals surface area contributed by atoms with Crippen molar-refractivity contribution in [3.63, 3.8) is 0 Å². The van der Waals surface area contributed by atoms with Crippen molar-refractivity contribution in [1.29, 1.82) is 0 Å². The lowest BCUT2D eigenvalue weighted by Gasteiger charge is -2.39. The van der Waals surface area contributed by atoms with Crippen LogP contribution in [0.3, 0.4) is 0 Å². The average Bonchev–Trinajstić information content (AvgIpc) is 3.86. The summed E-state index contributed by atoms with van der Waals surface area (Å²) in [6.45, 7) is 9.70. The normalized spacial score (nSPS) is 16.5. The van der Waals surface area contributed by atoms with E-state index in [-0.39, 0.29) is 48.6 Å². The van der Waals surface area contributed by atoms with Crippen molar-refractivity contribution in [2.75, 3.05) is 54.9 Å².